The van der Waals surface area contributed by atoms with E-state index in [1.807, 2.05) is 19.4 Å². The number of nitro benzene ring substituents is 1. The number of nitrogens with zero attached hydrogens (tertiary/aromatic N) is 3. The Morgan fingerprint density at radius 2 is 2.25 bits per heavy atom. The van der Waals surface area contributed by atoms with E-state index in [0.717, 1.165) is 24.2 Å². The molecule has 0 amide bonds. The SMILES string of the molecule is Cc1cc(NCCc2cnn(C)c2)c(Br)cc1[N+](=O)[O-]. The minimum absolute atomic E-state index is 0.120. The third kappa shape index (κ3) is 3.36. The molecule has 0 spiro atoms. The van der Waals surface area contributed by atoms with Gasteiger partial charge in [0, 0.05) is 41.6 Å². The first-order valence-corrected chi connectivity index (χ1v) is 6.92. The molecule has 1 aromatic carbocycles. The molecule has 1 aromatic heterocycles. The maximum atomic E-state index is 10.8. The van der Waals surface area contributed by atoms with Crippen LogP contribution in [0.1, 0.15) is 11.1 Å². The number of aromatic nitrogens is 2. The summed E-state index contributed by atoms with van der Waals surface area (Å²) in [5.74, 6) is 0. The summed E-state index contributed by atoms with van der Waals surface area (Å²) >= 11 is 3.36. The van der Waals surface area contributed by atoms with Crippen LogP contribution in [0, 0.1) is 17.0 Å². The fourth-order valence-electron chi connectivity index (χ4n) is 1.95. The van der Waals surface area contributed by atoms with Gasteiger partial charge in [-0.05, 0) is 40.9 Å². The lowest BCUT2D eigenvalue weighted by molar-refractivity contribution is -0.385. The highest BCUT2D eigenvalue weighted by molar-refractivity contribution is 9.10. The van der Waals surface area contributed by atoms with Crippen molar-refractivity contribution in [3.05, 3.63) is 50.2 Å². The van der Waals surface area contributed by atoms with Crippen molar-refractivity contribution in [2.75, 3.05) is 11.9 Å². The van der Waals surface area contributed by atoms with Crippen molar-refractivity contribution in [2.45, 2.75) is 13.3 Å². The van der Waals surface area contributed by atoms with Crippen molar-refractivity contribution in [3.63, 3.8) is 0 Å². The Morgan fingerprint density at radius 3 is 2.85 bits per heavy atom. The molecule has 0 saturated carbocycles. The van der Waals surface area contributed by atoms with Crippen LogP contribution in [0.4, 0.5) is 11.4 Å². The molecule has 0 unspecified atom stereocenters. The number of hydrogen-bond donors (Lipinski definition) is 1. The molecule has 20 heavy (non-hydrogen) atoms. The highest BCUT2D eigenvalue weighted by Crippen LogP contribution is 2.30. The van der Waals surface area contributed by atoms with E-state index in [1.54, 1.807) is 17.7 Å². The van der Waals surface area contributed by atoms with Gasteiger partial charge in [0.1, 0.15) is 0 Å². The number of halogens is 1. The summed E-state index contributed by atoms with van der Waals surface area (Å²) < 4.78 is 2.46. The third-order valence-corrected chi connectivity index (χ3v) is 3.63. The Balaban J connectivity index is 2.03. The lowest BCUT2D eigenvalue weighted by Crippen LogP contribution is -2.06. The number of benzene rings is 1. The Bertz CT molecular complexity index is 639. The number of nitro groups is 1. The van der Waals surface area contributed by atoms with Crippen molar-refractivity contribution in [3.8, 4) is 0 Å². The number of hydrogen-bond acceptors (Lipinski definition) is 4. The smallest absolute Gasteiger partial charge is 0.273 e. The van der Waals surface area contributed by atoms with Crippen LogP contribution in [0.15, 0.2) is 29.0 Å². The Hall–Kier alpha value is -1.89. The summed E-state index contributed by atoms with van der Waals surface area (Å²) in [5.41, 5.74) is 2.77. The van der Waals surface area contributed by atoms with E-state index in [-0.39, 0.29) is 10.6 Å². The van der Waals surface area contributed by atoms with Crippen LogP contribution in [0.25, 0.3) is 0 Å². The van der Waals surface area contributed by atoms with E-state index < -0.39 is 0 Å². The molecule has 7 heteroatoms. The van der Waals surface area contributed by atoms with Gasteiger partial charge in [-0.25, -0.2) is 0 Å². The van der Waals surface area contributed by atoms with Gasteiger partial charge in [0.15, 0.2) is 0 Å². The van der Waals surface area contributed by atoms with E-state index in [0.29, 0.717) is 10.0 Å². The molecule has 2 aromatic rings. The van der Waals surface area contributed by atoms with Crippen LogP contribution in [-0.2, 0) is 13.5 Å². The molecular weight excluding hydrogens is 324 g/mol. The van der Waals surface area contributed by atoms with Gasteiger partial charge in [-0.2, -0.15) is 5.10 Å². The normalized spacial score (nSPS) is 10.6. The predicted molar refractivity (Wildman–Crippen MR) is 80.9 cm³/mol. The molecule has 0 fully saturated rings. The lowest BCUT2D eigenvalue weighted by atomic mass is 10.1. The molecule has 6 nitrogen and oxygen atoms in total. The molecule has 0 aliphatic heterocycles. The van der Waals surface area contributed by atoms with Crippen LogP contribution < -0.4 is 5.32 Å². The molecule has 1 N–H and O–H groups in total. The molecule has 2 rings (SSSR count). The standard InChI is InChI=1S/C13H15BrN4O2/c1-9-5-12(11(14)6-13(9)18(19)20)15-4-3-10-7-16-17(2)8-10/h5-8,15H,3-4H2,1-2H3. The first-order valence-electron chi connectivity index (χ1n) is 6.13. The van der Waals surface area contributed by atoms with Gasteiger partial charge in [0.2, 0.25) is 0 Å². The fraction of sp³-hybridized carbons (Fsp3) is 0.308. The number of anilines is 1. The molecule has 0 aliphatic carbocycles. The largest absolute Gasteiger partial charge is 0.384 e. The van der Waals surface area contributed by atoms with Crippen molar-refractivity contribution >= 4 is 27.3 Å². The second-order valence-corrected chi connectivity index (χ2v) is 5.43. The van der Waals surface area contributed by atoms with Gasteiger partial charge in [-0.1, -0.05) is 0 Å². The third-order valence-electron chi connectivity index (χ3n) is 2.97. The van der Waals surface area contributed by atoms with Gasteiger partial charge in [-0.3, -0.25) is 14.8 Å². The first kappa shape index (κ1) is 14.5. The Morgan fingerprint density at radius 1 is 1.50 bits per heavy atom. The van der Waals surface area contributed by atoms with E-state index >= 15 is 0 Å². The highest BCUT2D eigenvalue weighted by Gasteiger charge is 2.13. The van der Waals surface area contributed by atoms with Crippen molar-refractivity contribution in [1.82, 2.24) is 9.78 Å². The molecule has 0 atom stereocenters. The molecule has 106 valence electrons. The van der Waals surface area contributed by atoms with Gasteiger partial charge >= 0.3 is 0 Å². The van der Waals surface area contributed by atoms with Crippen LogP contribution in [-0.4, -0.2) is 21.2 Å². The molecular formula is C13H15BrN4O2. The highest BCUT2D eigenvalue weighted by atomic mass is 79.9. The minimum Gasteiger partial charge on any atom is -0.384 e. The summed E-state index contributed by atoms with van der Waals surface area (Å²) in [6.45, 7) is 2.47. The van der Waals surface area contributed by atoms with E-state index in [9.17, 15) is 10.1 Å². The van der Waals surface area contributed by atoms with Crippen molar-refractivity contribution in [1.29, 1.82) is 0 Å². The fourth-order valence-corrected chi connectivity index (χ4v) is 2.42. The molecule has 0 saturated heterocycles. The zero-order chi connectivity index (χ0) is 14.7. The van der Waals surface area contributed by atoms with E-state index in [1.165, 1.54) is 6.07 Å². The van der Waals surface area contributed by atoms with Crippen LogP contribution in [0.5, 0.6) is 0 Å². The zero-order valence-electron chi connectivity index (χ0n) is 11.3. The predicted octanol–water partition coefficient (Wildman–Crippen LogP) is 3.05. The van der Waals surface area contributed by atoms with Crippen LogP contribution >= 0.6 is 15.9 Å². The van der Waals surface area contributed by atoms with Gasteiger partial charge in [0.25, 0.3) is 5.69 Å². The van der Waals surface area contributed by atoms with Gasteiger partial charge in [0.05, 0.1) is 11.1 Å². The maximum absolute atomic E-state index is 10.8. The Labute approximate surface area is 125 Å². The monoisotopic (exact) mass is 338 g/mol. The van der Waals surface area contributed by atoms with Gasteiger partial charge in [-0.15, -0.1) is 0 Å². The van der Waals surface area contributed by atoms with Crippen LogP contribution in [0.2, 0.25) is 0 Å². The average molecular weight is 339 g/mol. The van der Waals surface area contributed by atoms with Crippen molar-refractivity contribution in [2.24, 2.45) is 7.05 Å². The quantitative estimate of drug-likeness (QED) is 0.671. The average Bonchev–Trinajstić information content (AvgIpc) is 2.78. The minimum atomic E-state index is -0.375. The molecule has 0 aliphatic rings. The second-order valence-electron chi connectivity index (χ2n) is 4.57. The molecule has 0 bridgehead atoms. The number of rotatable bonds is 5. The lowest BCUT2D eigenvalue weighted by Gasteiger charge is -2.09. The number of aryl methyl sites for hydroxylation is 2. The summed E-state index contributed by atoms with van der Waals surface area (Å²) in [6, 6.07) is 3.31. The summed E-state index contributed by atoms with van der Waals surface area (Å²) in [7, 11) is 1.88. The van der Waals surface area contributed by atoms with Crippen LogP contribution in [0.3, 0.4) is 0 Å². The van der Waals surface area contributed by atoms with E-state index in [4.69, 9.17) is 0 Å². The summed E-state index contributed by atoms with van der Waals surface area (Å²) in [6.07, 6.45) is 4.64. The van der Waals surface area contributed by atoms with Gasteiger partial charge < -0.3 is 5.32 Å². The first-order chi connectivity index (χ1) is 9.47. The van der Waals surface area contributed by atoms with Crippen molar-refractivity contribution < 1.29 is 4.92 Å². The maximum Gasteiger partial charge on any atom is 0.273 e. The second kappa shape index (κ2) is 6.04. The summed E-state index contributed by atoms with van der Waals surface area (Å²) in [4.78, 5) is 10.5. The summed E-state index contributed by atoms with van der Waals surface area (Å²) in [5, 5.41) is 18.2. The topological polar surface area (TPSA) is 73.0 Å². The molecule has 0 radical (unpaired) electrons. The zero-order valence-corrected chi connectivity index (χ0v) is 12.8. The number of nitrogens with one attached hydrogen (secondary N) is 1. The molecule has 1 heterocycles. The Kier molecular flexibility index (Phi) is 4.39. The van der Waals surface area contributed by atoms with E-state index in [2.05, 4.69) is 26.3 Å².